The molecule has 0 spiro atoms. The summed E-state index contributed by atoms with van der Waals surface area (Å²) in [7, 11) is 0. The molecule has 0 amide bonds. The van der Waals surface area contributed by atoms with E-state index in [0.717, 1.165) is 17.8 Å². The van der Waals surface area contributed by atoms with E-state index in [1.165, 1.54) is 51.4 Å². The molecular weight excluding hydrogens is 228 g/mol. The fraction of sp³-hybridized carbons (Fsp3) is 0.895. The highest BCUT2D eigenvalue weighted by atomic mass is 14.6. The fourth-order valence-corrected chi connectivity index (χ4v) is 5.96. The Bertz CT molecular complexity index is 379. The topological polar surface area (TPSA) is 0 Å². The lowest BCUT2D eigenvalue weighted by atomic mass is 9.46. The first-order valence-corrected chi connectivity index (χ1v) is 8.70. The lowest BCUT2D eigenvalue weighted by Gasteiger charge is -2.58. The zero-order valence-electron chi connectivity index (χ0n) is 13.5. The van der Waals surface area contributed by atoms with Gasteiger partial charge in [0.05, 0.1) is 0 Å². The van der Waals surface area contributed by atoms with Crippen LogP contribution in [0.5, 0.6) is 0 Å². The third-order valence-corrected chi connectivity index (χ3v) is 7.19. The van der Waals surface area contributed by atoms with Crippen LogP contribution in [0, 0.1) is 28.6 Å². The molecule has 0 aliphatic heterocycles. The normalized spacial score (nSPS) is 50.1. The second-order valence-corrected chi connectivity index (χ2v) is 8.34. The molecule has 0 heteroatoms. The van der Waals surface area contributed by atoms with Gasteiger partial charge in [-0.1, -0.05) is 52.2 Å². The number of hydrogen-bond donors (Lipinski definition) is 0. The maximum absolute atomic E-state index is 2.67. The summed E-state index contributed by atoms with van der Waals surface area (Å²) in [6.45, 7) is 10.1. The SMILES string of the molecule is CC[C@@]1(C)CCC[C@@]2(C)C3=CC[C@@H](C)CC3CCC12. The summed E-state index contributed by atoms with van der Waals surface area (Å²) in [5.74, 6) is 2.81. The van der Waals surface area contributed by atoms with Crippen molar-refractivity contribution in [1.29, 1.82) is 0 Å². The average Bonchev–Trinajstić information content (AvgIpc) is 2.38. The largest absolute Gasteiger partial charge is 0.0842 e. The molecule has 0 N–H and O–H groups in total. The van der Waals surface area contributed by atoms with Crippen molar-refractivity contribution >= 4 is 0 Å². The lowest BCUT2D eigenvalue weighted by molar-refractivity contribution is -0.0264. The lowest BCUT2D eigenvalue weighted by Crippen LogP contribution is -2.49. The Morgan fingerprint density at radius 1 is 1.21 bits per heavy atom. The summed E-state index contributed by atoms with van der Waals surface area (Å²) in [5.41, 5.74) is 3.05. The van der Waals surface area contributed by atoms with Crippen molar-refractivity contribution < 1.29 is 0 Å². The molecule has 0 heterocycles. The van der Waals surface area contributed by atoms with Crippen LogP contribution in [-0.4, -0.2) is 0 Å². The molecule has 3 aliphatic rings. The van der Waals surface area contributed by atoms with Gasteiger partial charge in [0, 0.05) is 0 Å². The standard InChI is InChI=1S/C19H32/c1-5-18(3)11-6-12-19(4)16-9-7-14(2)13-15(16)8-10-17(18)19/h9,14-15,17H,5-8,10-13H2,1-4H3/t14-,15?,17?,18+,19+/m1/s1. The summed E-state index contributed by atoms with van der Waals surface area (Å²) in [5, 5.41) is 0. The van der Waals surface area contributed by atoms with E-state index in [9.17, 15) is 0 Å². The van der Waals surface area contributed by atoms with E-state index in [-0.39, 0.29) is 0 Å². The number of allylic oxidation sites excluding steroid dienone is 2. The average molecular weight is 260 g/mol. The number of rotatable bonds is 1. The Morgan fingerprint density at radius 2 is 2.00 bits per heavy atom. The van der Waals surface area contributed by atoms with Crippen LogP contribution in [-0.2, 0) is 0 Å². The Balaban J connectivity index is 1.96. The molecule has 2 unspecified atom stereocenters. The van der Waals surface area contributed by atoms with E-state index in [2.05, 4.69) is 33.8 Å². The van der Waals surface area contributed by atoms with Crippen LogP contribution < -0.4 is 0 Å². The minimum absolute atomic E-state index is 0.548. The third kappa shape index (κ3) is 2.01. The van der Waals surface area contributed by atoms with Gasteiger partial charge in [0.15, 0.2) is 0 Å². The van der Waals surface area contributed by atoms with Gasteiger partial charge in [-0.2, -0.15) is 0 Å². The predicted octanol–water partition coefficient (Wildman–Crippen LogP) is 5.98. The van der Waals surface area contributed by atoms with Gasteiger partial charge in [-0.05, 0) is 67.1 Å². The van der Waals surface area contributed by atoms with Crippen LogP contribution in [0.4, 0.5) is 0 Å². The van der Waals surface area contributed by atoms with Crippen molar-refractivity contribution in [3.05, 3.63) is 11.6 Å². The summed E-state index contributed by atoms with van der Waals surface area (Å²) in [6, 6.07) is 0. The van der Waals surface area contributed by atoms with E-state index in [4.69, 9.17) is 0 Å². The molecule has 19 heavy (non-hydrogen) atoms. The molecule has 2 saturated carbocycles. The summed E-state index contributed by atoms with van der Waals surface area (Å²) >= 11 is 0. The molecule has 5 atom stereocenters. The first-order valence-electron chi connectivity index (χ1n) is 8.70. The first kappa shape index (κ1) is 13.7. The molecular formula is C19H32. The highest BCUT2D eigenvalue weighted by Crippen LogP contribution is 2.63. The fourth-order valence-electron chi connectivity index (χ4n) is 5.96. The van der Waals surface area contributed by atoms with Crippen molar-refractivity contribution in [3.8, 4) is 0 Å². The molecule has 0 nitrogen and oxygen atoms in total. The van der Waals surface area contributed by atoms with E-state index >= 15 is 0 Å². The highest BCUT2D eigenvalue weighted by molar-refractivity contribution is 5.26. The zero-order valence-corrected chi connectivity index (χ0v) is 13.5. The highest BCUT2D eigenvalue weighted by Gasteiger charge is 2.53. The Labute approximate surface area is 120 Å². The Kier molecular flexibility index (Phi) is 3.35. The molecule has 3 aliphatic carbocycles. The second-order valence-electron chi connectivity index (χ2n) is 8.34. The van der Waals surface area contributed by atoms with E-state index in [0.29, 0.717) is 10.8 Å². The van der Waals surface area contributed by atoms with Crippen molar-refractivity contribution in [3.63, 3.8) is 0 Å². The third-order valence-electron chi connectivity index (χ3n) is 7.19. The first-order chi connectivity index (χ1) is 8.99. The smallest absolute Gasteiger partial charge is 0.00802 e. The Morgan fingerprint density at radius 3 is 2.74 bits per heavy atom. The van der Waals surface area contributed by atoms with Gasteiger partial charge in [-0.3, -0.25) is 0 Å². The summed E-state index contributed by atoms with van der Waals surface area (Å²) in [4.78, 5) is 0. The van der Waals surface area contributed by atoms with Crippen LogP contribution >= 0.6 is 0 Å². The van der Waals surface area contributed by atoms with Gasteiger partial charge >= 0.3 is 0 Å². The minimum atomic E-state index is 0.548. The van der Waals surface area contributed by atoms with Crippen LogP contribution in [0.3, 0.4) is 0 Å². The molecule has 108 valence electrons. The number of hydrogen-bond acceptors (Lipinski definition) is 0. The van der Waals surface area contributed by atoms with Gasteiger partial charge < -0.3 is 0 Å². The molecule has 2 fully saturated rings. The predicted molar refractivity (Wildman–Crippen MR) is 83.1 cm³/mol. The maximum atomic E-state index is 2.67. The van der Waals surface area contributed by atoms with Gasteiger partial charge in [0.1, 0.15) is 0 Å². The zero-order chi connectivity index (χ0) is 13.7. The maximum Gasteiger partial charge on any atom is -0.00802 e. The molecule has 0 saturated heterocycles. The summed E-state index contributed by atoms with van der Waals surface area (Å²) in [6.07, 6.45) is 14.2. The van der Waals surface area contributed by atoms with Gasteiger partial charge in [0.25, 0.3) is 0 Å². The quantitative estimate of drug-likeness (QED) is 0.509. The second kappa shape index (κ2) is 4.64. The van der Waals surface area contributed by atoms with E-state index in [1.807, 2.05) is 5.57 Å². The van der Waals surface area contributed by atoms with Crippen LogP contribution in [0.15, 0.2) is 11.6 Å². The van der Waals surface area contributed by atoms with Crippen molar-refractivity contribution in [2.45, 2.75) is 79.1 Å². The van der Waals surface area contributed by atoms with Crippen molar-refractivity contribution in [1.82, 2.24) is 0 Å². The van der Waals surface area contributed by atoms with Crippen LogP contribution in [0.1, 0.15) is 79.1 Å². The monoisotopic (exact) mass is 260 g/mol. The molecule has 0 aromatic carbocycles. The summed E-state index contributed by atoms with van der Waals surface area (Å²) < 4.78 is 0. The van der Waals surface area contributed by atoms with E-state index < -0.39 is 0 Å². The molecule has 3 rings (SSSR count). The molecule has 0 aromatic heterocycles. The minimum Gasteiger partial charge on any atom is -0.0842 e. The molecule has 0 bridgehead atoms. The van der Waals surface area contributed by atoms with Crippen LogP contribution in [0.2, 0.25) is 0 Å². The Hall–Kier alpha value is -0.260. The number of fused-ring (bicyclic) bond motifs is 3. The van der Waals surface area contributed by atoms with Gasteiger partial charge in [-0.25, -0.2) is 0 Å². The molecule has 0 aromatic rings. The van der Waals surface area contributed by atoms with Crippen LogP contribution in [0.25, 0.3) is 0 Å². The van der Waals surface area contributed by atoms with Crippen molar-refractivity contribution in [2.24, 2.45) is 28.6 Å². The molecule has 0 radical (unpaired) electrons. The van der Waals surface area contributed by atoms with E-state index in [1.54, 1.807) is 0 Å². The van der Waals surface area contributed by atoms with Gasteiger partial charge in [0.2, 0.25) is 0 Å². The van der Waals surface area contributed by atoms with Gasteiger partial charge in [-0.15, -0.1) is 0 Å². The van der Waals surface area contributed by atoms with Crippen molar-refractivity contribution in [2.75, 3.05) is 0 Å².